The Balaban J connectivity index is 2.26. The third-order valence-electron chi connectivity index (χ3n) is 2.33. The van der Waals surface area contributed by atoms with Gasteiger partial charge in [0, 0.05) is 25.9 Å². The van der Waals surface area contributed by atoms with Crippen molar-refractivity contribution in [2.24, 2.45) is 19.8 Å². The van der Waals surface area contributed by atoms with Crippen LogP contribution in [-0.2, 0) is 14.1 Å². The summed E-state index contributed by atoms with van der Waals surface area (Å²) in [5, 5.41) is 11.3. The molecule has 0 saturated carbocycles. The van der Waals surface area contributed by atoms with E-state index in [2.05, 4.69) is 15.4 Å². The van der Waals surface area contributed by atoms with Crippen molar-refractivity contribution in [2.45, 2.75) is 6.04 Å². The zero-order valence-electron chi connectivity index (χ0n) is 9.03. The molecule has 0 aliphatic heterocycles. The molecule has 84 valence electrons. The number of nitrogens with two attached hydrogens (primary N) is 1. The number of carbonyl (C=O) groups excluding carboxylic acids is 1. The molecule has 2 aromatic rings. The molecule has 0 saturated heterocycles. The molecule has 2 rings (SSSR count). The second-order valence-corrected chi connectivity index (χ2v) is 3.53. The first-order valence-electron chi connectivity index (χ1n) is 4.72. The Morgan fingerprint density at radius 3 is 2.69 bits per heavy atom. The van der Waals surface area contributed by atoms with Crippen molar-refractivity contribution in [3.8, 4) is 0 Å². The summed E-state index contributed by atoms with van der Waals surface area (Å²) in [6.07, 6.45) is 4.69. The molecule has 0 amide bonds. The van der Waals surface area contributed by atoms with Crippen LogP contribution in [0.5, 0.6) is 0 Å². The highest BCUT2D eigenvalue weighted by atomic mass is 16.1. The number of aryl methyl sites for hydroxylation is 2. The van der Waals surface area contributed by atoms with Crippen LogP contribution in [-0.4, -0.2) is 30.6 Å². The summed E-state index contributed by atoms with van der Waals surface area (Å²) in [5.74, 6) is -0.222. The second-order valence-electron chi connectivity index (χ2n) is 3.53. The zero-order valence-corrected chi connectivity index (χ0v) is 9.03. The molecule has 0 aliphatic carbocycles. The topological polar surface area (TPSA) is 91.6 Å². The Morgan fingerprint density at radius 1 is 1.44 bits per heavy atom. The van der Waals surface area contributed by atoms with Gasteiger partial charge >= 0.3 is 0 Å². The van der Waals surface area contributed by atoms with Gasteiger partial charge in [0.1, 0.15) is 5.69 Å². The molecule has 2 N–H and O–H groups in total. The normalized spacial score (nSPS) is 12.7. The van der Waals surface area contributed by atoms with Crippen LogP contribution >= 0.6 is 0 Å². The fraction of sp³-hybridized carbons (Fsp3) is 0.333. The van der Waals surface area contributed by atoms with Crippen molar-refractivity contribution in [1.82, 2.24) is 24.8 Å². The van der Waals surface area contributed by atoms with Crippen molar-refractivity contribution in [3.63, 3.8) is 0 Å². The van der Waals surface area contributed by atoms with Gasteiger partial charge in [0.2, 0.25) is 5.78 Å². The van der Waals surface area contributed by atoms with Gasteiger partial charge in [-0.3, -0.25) is 9.48 Å². The fourth-order valence-electron chi connectivity index (χ4n) is 1.42. The largest absolute Gasteiger partial charge is 0.317 e. The minimum absolute atomic E-state index is 0.222. The minimum atomic E-state index is -0.731. The lowest BCUT2D eigenvalue weighted by molar-refractivity contribution is 0.0952. The molecule has 1 atom stereocenters. The van der Waals surface area contributed by atoms with E-state index < -0.39 is 6.04 Å². The van der Waals surface area contributed by atoms with Crippen LogP contribution in [0, 0.1) is 0 Å². The number of hydrogen-bond donors (Lipinski definition) is 1. The number of nitrogens with zero attached hydrogens (tertiary/aromatic N) is 5. The molecular formula is C9H12N6O. The van der Waals surface area contributed by atoms with Crippen molar-refractivity contribution >= 4 is 5.78 Å². The maximum atomic E-state index is 12.0. The smallest absolute Gasteiger partial charge is 0.203 e. The molecule has 2 heterocycles. The van der Waals surface area contributed by atoms with Gasteiger partial charge in [-0.05, 0) is 0 Å². The van der Waals surface area contributed by atoms with Gasteiger partial charge in [0.05, 0.1) is 18.4 Å². The molecule has 0 radical (unpaired) electrons. The maximum absolute atomic E-state index is 12.0. The average molecular weight is 220 g/mol. The molecular weight excluding hydrogens is 208 g/mol. The van der Waals surface area contributed by atoms with Gasteiger partial charge in [0.15, 0.2) is 0 Å². The predicted molar refractivity (Wildman–Crippen MR) is 55.5 cm³/mol. The summed E-state index contributed by atoms with van der Waals surface area (Å²) in [6.45, 7) is 0. The molecule has 7 nitrogen and oxygen atoms in total. The van der Waals surface area contributed by atoms with Crippen LogP contribution < -0.4 is 5.73 Å². The van der Waals surface area contributed by atoms with Crippen molar-refractivity contribution in [1.29, 1.82) is 0 Å². The zero-order chi connectivity index (χ0) is 11.7. The minimum Gasteiger partial charge on any atom is -0.317 e. The third-order valence-corrected chi connectivity index (χ3v) is 2.33. The predicted octanol–water partition coefficient (Wildman–Crippen LogP) is -0.569. The maximum Gasteiger partial charge on any atom is 0.203 e. The standard InChI is InChI=1S/C9H12N6O/c1-14-5-6(3-12-14)8(10)9(16)7-4-11-13-15(7)2/h3-5,8H,10H2,1-2H3. The first-order valence-corrected chi connectivity index (χ1v) is 4.72. The highest BCUT2D eigenvalue weighted by Gasteiger charge is 2.21. The summed E-state index contributed by atoms with van der Waals surface area (Å²) in [4.78, 5) is 12.0. The monoisotopic (exact) mass is 220 g/mol. The van der Waals surface area contributed by atoms with Crippen LogP contribution in [0.3, 0.4) is 0 Å². The number of rotatable bonds is 3. The van der Waals surface area contributed by atoms with Crippen LogP contribution in [0.4, 0.5) is 0 Å². The molecule has 16 heavy (non-hydrogen) atoms. The average Bonchev–Trinajstić information content (AvgIpc) is 2.85. The molecule has 0 spiro atoms. The Morgan fingerprint density at radius 2 is 2.19 bits per heavy atom. The summed E-state index contributed by atoms with van der Waals surface area (Å²) in [6, 6.07) is -0.731. The van der Waals surface area contributed by atoms with E-state index in [0.717, 1.165) is 0 Å². The number of hydrogen-bond acceptors (Lipinski definition) is 5. The molecule has 0 bridgehead atoms. The van der Waals surface area contributed by atoms with E-state index in [-0.39, 0.29) is 5.78 Å². The van der Waals surface area contributed by atoms with E-state index in [1.54, 1.807) is 31.2 Å². The number of aromatic nitrogens is 5. The van der Waals surface area contributed by atoms with Gasteiger partial charge in [-0.15, -0.1) is 5.10 Å². The number of ketones is 1. The van der Waals surface area contributed by atoms with E-state index >= 15 is 0 Å². The first-order chi connectivity index (χ1) is 7.59. The Hall–Kier alpha value is -2.02. The van der Waals surface area contributed by atoms with Crippen LogP contribution in [0.2, 0.25) is 0 Å². The SMILES string of the molecule is Cn1cc(C(N)C(=O)c2cnnn2C)cn1. The molecule has 1 unspecified atom stereocenters. The molecule has 0 aromatic carbocycles. The molecule has 2 aromatic heterocycles. The van der Waals surface area contributed by atoms with E-state index in [1.807, 2.05) is 0 Å². The quantitative estimate of drug-likeness (QED) is 0.699. The lowest BCUT2D eigenvalue weighted by Gasteiger charge is -2.07. The number of Topliss-reactive ketones (excluding diaryl/α,β-unsaturated/α-hetero) is 1. The van der Waals surface area contributed by atoms with Crippen molar-refractivity contribution in [3.05, 3.63) is 29.8 Å². The Bertz CT molecular complexity index is 514. The summed E-state index contributed by atoms with van der Waals surface area (Å²) in [5.41, 5.74) is 6.90. The van der Waals surface area contributed by atoms with E-state index in [9.17, 15) is 4.79 Å². The Labute approximate surface area is 91.9 Å². The molecule has 7 heteroatoms. The van der Waals surface area contributed by atoms with Crippen molar-refractivity contribution in [2.75, 3.05) is 0 Å². The molecule has 0 fully saturated rings. The van der Waals surface area contributed by atoms with E-state index in [4.69, 9.17) is 5.73 Å². The van der Waals surface area contributed by atoms with Gasteiger partial charge in [-0.25, -0.2) is 4.68 Å². The summed E-state index contributed by atoms with van der Waals surface area (Å²) in [7, 11) is 3.42. The first kappa shape index (κ1) is 10.5. The van der Waals surface area contributed by atoms with Gasteiger partial charge in [-0.1, -0.05) is 5.21 Å². The van der Waals surface area contributed by atoms with E-state index in [0.29, 0.717) is 11.3 Å². The molecule has 0 aliphatic rings. The summed E-state index contributed by atoms with van der Waals surface area (Å²) >= 11 is 0. The van der Waals surface area contributed by atoms with Gasteiger partial charge < -0.3 is 5.73 Å². The van der Waals surface area contributed by atoms with Gasteiger partial charge in [0.25, 0.3) is 0 Å². The fourth-order valence-corrected chi connectivity index (χ4v) is 1.42. The van der Waals surface area contributed by atoms with Crippen molar-refractivity contribution < 1.29 is 4.79 Å². The van der Waals surface area contributed by atoms with Crippen LogP contribution in [0.25, 0.3) is 0 Å². The highest BCUT2D eigenvalue weighted by Crippen LogP contribution is 2.14. The van der Waals surface area contributed by atoms with E-state index in [1.165, 1.54) is 10.9 Å². The Kier molecular flexibility index (Phi) is 2.53. The summed E-state index contributed by atoms with van der Waals surface area (Å²) < 4.78 is 3.00. The second kappa shape index (κ2) is 3.86. The lowest BCUT2D eigenvalue weighted by atomic mass is 10.1. The van der Waals surface area contributed by atoms with Crippen LogP contribution in [0.15, 0.2) is 18.6 Å². The lowest BCUT2D eigenvalue weighted by Crippen LogP contribution is -2.23. The van der Waals surface area contributed by atoms with Gasteiger partial charge in [-0.2, -0.15) is 5.10 Å². The van der Waals surface area contributed by atoms with Crippen LogP contribution in [0.1, 0.15) is 22.1 Å². The number of carbonyl (C=O) groups is 1. The third kappa shape index (κ3) is 1.72. The highest BCUT2D eigenvalue weighted by molar-refractivity contribution is 5.98.